The summed E-state index contributed by atoms with van der Waals surface area (Å²) in [5.74, 6) is -1.02. The number of hydrogen-bond donors (Lipinski definition) is 2. The first kappa shape index (κ1) is 20.8. The Balaban J connectivity index is 1.67. The number of pyridine rings is 1. The van der Waals surface area contributed by atoms with Crippen LogP contribution in [0.2, 0.25) is 0 Å². The predicted molar refractivity (Wildman–Crippen MR) is 108 cm³/mol. The number of carbonyl (C=O) groups excluding carboxylic acids is 2. The minimum absolute atomic E-state index is 0.109. The number of aromatic nitrogens is 1. The zero-order valence-electron chi connectivity index (χ0n) is 15.5. The van der Waals surface area contributed by atoms with Gasteiger partial charge in [0.1, 0.15) is 0 Å². The maximum absolute atomic E-state index is 12.8. The lowest BCUT2D eigenvalue weighted by molar-refractivity contribution is -0.137. The van der Waals surface area contributed by atoms with Gasteiger partial charge in [0.15, 0.2) is 0 Å². The normalized spacial score (nSPS) is 11.3. The Morgan fingerprint density at radius 3 is 2.33 bits per heavy atom. The smallest absolute Gasteiger partial charge is 0.322 e. The molecule has 2 aromatic carbocycles. The molecule has 2 amide bonds. The summed E-state index contributed by atoms with van der Waals surface area (Å²) in [6.07, 6.45) is 1.45. The van der Waals surface area contributed by atoms with E-state index in [0.717, 1.165) is 12.1 Å². The van der Waals surface area contributed by atoms with Crippen LogP contribution in [0, 0.1) is 0 Å². The van der Waals surface area contributed by atoms with Gasteiger partial charge in [-0.15, -0.1) is 0 Å². The number of alkyl halides is 3. The third kappa shape index (κ3) is 5.78. The summed E-state index contributed by atoms with van der Waals surface area (Å²) >= 11 is 0. The highest BCUT2D eigenvalue weighted by molar-refractivity contribution is 6.05. The van der Waals surface area contributed by atoms with Gasteiger partial charge >= 0.3 is 6.18 Å². The van der Waals surface area contributed by atoms with Gasteiger partial charge in [-0.05, 0) is 54.1 Å². The molecule has 0 aliphatic carbocycles. The summed E-state index contributed by atoms with van der Waals surface area (Å²) in [4.78, 5) is 28.1. The second kappa shape index (κ2) is 9.04. The number of nitrogens with one attached hydrogen (secondary N) is 2. The number of carbonyl (C=O) groups is 2. The number of amides is 2. The third-order valence-electron chi connectivity index (χ3n) is 3.97. The minimum atomic E-state index is -4.53. The van der Waals surface area contributed by atoms with Gasteiger partial charge in [0.2, 0.25) is 5.91 Å². The Morgan fingerprint density at radius 2 is 1.60 bits per heavy atom. The molecule has 0 saturated heterocycles. The van der Waals surface area contributed by atoms with Crippen LogP contribution in [0.4, 0.5) is 24.5 Å². The molecule has 3 rings (SSSR count). The summed E-state index contributed by atoms with van der Waals surface area (Å²) in [5.41, 5.74) is 0.604. The molecule has 0 aliphatic heterocycles. The summed E-state index contributed by atoms with van der Waals surface area (Å²) in [5, 5.41) is 5.23. The van der Waals surface area contributed by atoms with Crippen molar-refractivity contribution in [2.45, 2.75) is 6.18 Å². The van der Waals surface area contributed by atoms with Crippen LogP contribution < -0.4 is 10.6 Å². The Kier molecular flexibility index (Phi) is 6.26. The molecule has 3 aromatic rings. The first-order valence-electron chi connectivity index (χ1n) is 8.79. The number of rotatable bonds is 5. The Labute approximate surface area is 170 Å². The Hall–Kier alpha value is -3.94. The number of anilines is 2. The van der Waals surface area contributed by atoms with Crippen LogP contribution >= 0.6 is 0 Å². The van der Waals surface area contributed by atoms with Gasteiger partial charge in [-0.25, -0.2) is 0 Å². The molecule has 0 spiro atoms. The van der Waals surface area contributed by atoms with Crippen molar-refractivity contribution in [2.75, 3.05) is 10.6 Å². The van der Waals surface area contributed by atoms with Gasteiger partial charge in [0.25, 0.3) is 5.91 Å². The quantitative estimate of drug-likeness (QED) is 0.580. The van der Waals surface area contributed by atoms with Gasteiger partial charge in [0, 0.05) is 35.4 Å². The standard InChI is InChI=1S/C22H16F3N3O2/c23-22(24,25)17-5-2-4-16(14-17)21(30)28-19-6-1-3-15(13-19)7-8-20(29)27-18-9-11-26-12-10-18/h1-14H,(H,28,30)(H,26,27,29)/b8-7+. The Morgan fingerprint density at radius 1 is 0.867 bits per heavy atom. The summed E-state index contributed by atoms with van der Waals surface area (Å²) in [7, 11) is 0. The van der Waals surface area contributed by atoms with Crippen molar-refractivity contribution < 1.29 is 22.8 Å². The van der Waals surface area contributed by atoms with E-state index < -0.39 is 17.6 Å². The molecule has 152 valence electrons. The molecule has 0 aliphatic rings. The van der Waals surface area contributed by atoms with E-state index >= 15 is 0 Å². The van der Waals surface area contributed by atoms with Gasteiger partial charge in [-0.2, -0.15) is 13.2 Å². The van der Waals surface area contributed by atoms with E-state index in [1.54, 1.807) is 54.9 Å². The fourth-order valence-electron chi connectivity index (χ4n) is 2.55. The molecule has 8 heteroatoms. The molecule has 0 fully saturated rings. The zero-order valence-corrected chi connectivity index (χ0v) is 15.5. The van der Waals surface area contributed by atoms with Gasteiger partial charge in [-0.3, -0.25) is 14.6 Å². The SMILES string of the molecule is O=C(/C=C/c1cccc(NC(=O)c2cccc(C(F)(F)F)c2)c1)Nc1ccncc1. The summed E-state index contributed by atoms with van der Waals surface area (Å²) in [6, 6.07) is 14.0. The van der Waals surface area contributed by atoms with Crippen LogP contribution in [0.5, 0.6) is 0 Å². The maximum atomic E-state index is 12.8. The number of benzene rings is 2. The Bertz CT molecular complexity index is 1080. The molecule has 5 nitrogen and oxygen atoms in total. The van der Waals surface area contributed by atoms with Crippen molar-refractivity contribution in [1.29, 1.82) is 0 Å². The second-order valence-electron chi connectivity index (χ2n) is 6.22. The fraction of sp³-hybridized carbons (Fsp3) is 0.0455. The molecular weight excluding hydrogens is 395 g/mol. The van der Waals surface area contributed by atoms with Crippen LogP contribution in [-0.4, -0.2) is 16.8 Å². The summed E-state index contributed by atoms with van der Waals surface area (Å²) < 4.78 is 38.5. The number of nitrogens with zero attached hydrogens (tertiary/aromatic N) is 1. The van der Waals surface area contributed by atoms with E-state index in [1.807, 2.05) is 0 Å². The average molecular weight is 411 g/mol. The molecule has 0 radical (unpaired) electrons. The van der Waals surface area contributed by atoms with Crippen molar-refractivity contribution in [3.63, 3.8) is 0 Å². The fourth-order valence-corrected chi connectivity index (χ4v) is 2.55. The van der Waals surface area contributed by atoms with E-state index in [4.69, 9.17) is 0 Å². The molecular formula is C22H16F3N3O2. The first-order valence-corrected chi connectivity index (χ1v) is 8.79. The highest BCUT2D eigenvalue weighted by Gasteiger charge is 2.30. The van der Waals surface area contributed by atoms with E-state index in [-0.39, 0.29) is 11.5 Å². The molecule has 30 heavy (non-hydrogen) atoms. The lowest BCUT2D eigenvalue weighted by Crippen LogP contribution is -2.14. The molecule has 1 aromatic heterocycles. The minimum Gasteiger partial charge on any atom is -0.322 e. The molecule has 0 atom stereocenters. The maximum Gasteiger partial charge on any atom is 0.416 e. The topological polar surface area (TPSA) is 71.1 Å². The van der Waals surface area contributed by atoms with Crippen LogP contribution in [0.15, 0.2) is 79.1 Å². The first-order chi connectivity index (χ1) is 14.3. The average Bonchev–Trinajstić information content (AvgIpc) is 2.73. The summed E-state index contributed by atoms with van der Waals surface area (Å²) in [6.45, 7) is 0. The van der Waals surface area contributed by atoms with Crippen molar-refractivity contribution in [3.05, 3.63) is 95.8 Å². The number of halogens is 3. The van der Waals surface area contributed by atoms with Crippen LogP contribution in [0.1, 0.15) is 21.5 Å². The van der Waals surface area contributed by atoms with E-state index in [0.29, 0.717) is 16.9 Å². The lowest BCUT2D eigenvalue weighted by atomic mass is 10.1. The van der Waals surface area contributed by atoms with Crippen LogP contribution in [-0.2, 0) is 11.0 Å². The number of hydrogen-bond acceptors (Lipinski definition) is 3. The monoisotopic (exact) mass is 411 g/mol. The van der Waals surface area contributed by atoms with Crippen LogP contribution in [0.25, 0.3) is 6.08 Å². The highest BCUT2D eigenvalue weighted by Crippen LogP contribution is 2.29. The van der Waals surface area contributed by atoms with Gasteiger partial charge in [-0.1, -0.05) is 18.2 Å². The molecule has 1 heterocycles. The van der Waals surface area contributed by atoms with Crippen molar-refractivity contribution >= 4 is 29.3 Å². The van der Waals surface area contributed by atoms with E-state index in [9.17, 15) is 22.8 Å². The lowest BCUT2D eigenvalue weighted by Gasteiger charge is -2.09. The highest BCUT2D eigenvalue weighted by atomic mass is 19.4. The zero-order chi connectivity index (χ0) is 21.6. The second-order valence-corrected chi connectivity index (χ2v) is 6.22. The van der Waals surface area contributed by atoms with Crippen molar-refractivity contribution in [1.82, 2.24) is 4.98 Å². The van der Waals surface area contributed by atoms with Crippen molar-refractivity contribution in [3.8, 4) is 0 Å². The van der Waals surface area contributed by atoms with E-state index in [1.165, 1.54) is 18.2 Å². The predicted octanol–water partition coefficient (Wildman–Crippen LogP) is 5.00. The van der Waals surface area contributed by atoms with Crippen molar-refractivity contribution in [2.24, 2.45) is 0 Å². The van der Waals surface area contributed by atoms with Crippen LogP contribution in [0.3, 0.4) is 0 Å². The molecule has 0 bridgehead atoms. The molecule has 0 saturated carbocycles. The molecule has 2 N–H and O–H groups in total. The largest absolute Gasteiger partial charge is 0.416 e. The van der Waals surface area contributed by atoms with Gasteiger partial charge < -0.3 is 10.6 Å². The molecule has 0 unspecified atom stereocenters. The van der Waals surface area contributed by atoms with Gasteiger partial charge in [0.05, 0.1) is 5.56 Å². The van der Waals surface area contributed by atoms with E-state index in [2.05, 4.69) is 15.6 Å². The third-order valence-corrected chi connectivity index (χ3v) is 3.97.